The summed E-state index contributed by atoms with van der Waals surface area (Å²) in [5.41, 5.74) is 3.01. The molecule has 0 amide bonds. The van der Waals surface area contributed by atoms with Crippen LogP contribution in [0.15, 0.2) is 53.3 Å². The second-order valence-electron chi connectivity index (χ2n) is 5.33. The van der Waals surface area contributed by atoms with Crippen molar-refractivity contribution < 1.29 is 0 Å². The van der Waals surface area contributed by atoms with Gasteiger partial charge in [0.15, 0.2) is 0 Å². The van der Waals surface area contributed by atoms with Crippen molar-refractivity contribution in [2.24, 2.45) is 0 Å². The van der Waals surface area contributed by atoms with Crippen LogP contribution < -0.4 is 5.56 Å². The fourth-order valence-corrected chi connectivity index (χ4v) is 5.54. The molecule has 0 fully saturated rings. The average molecular weight is 328 g/mol. The fraction of sp³-hybridized carbons (Fsp3) is 0.235. The summed E-state index contributed by atoms with van der Waals surface area (Å²) in [5, 5.41) is 0.913. The van der Waals surface area contributed by atoms with E-state index >= 15 is 0 Å². The third-order valence-corrected chi connectivity index (χ3v) is 6.59. The monoisotopic (exact) mass is 329 g/mol. The van der Waals surface area contributed by atoms with Gasteiger partial charge in [-0.05, 0) is 0 Å². The van der Waals surface area contributed by atoms with E-state index in [2.05, 4.69) is 33.9 Å². The minimum atomic E-state index is 0.128. The van der Waals surface area contributed by atoms with E-state index in [4.69, 9.17) is 0 Å². The number of aromatic nitrogens is 1. The summed E-state index contributed by atoms with van der Waals surface area (Å²) in [5.74, 6) is 0. The first-order valence-corrected chi connectivity index (χ1v) is 8.65. The summed E-state index contributed by atoms with van der Waals surface area (Å²) in [6, 6.07) is 17.0. The van der Waals surface area contributed by atoms with Crippen LogP contribution >= 0.6 is 0 Å². The molecule has 0 spiro atoms. The molecule has 2 aromatic carbocycles. The predicted octanol–water partition coefficient (Wildman–Crippen LogP) is 2.98. The van der Waals surface area contributed by atoms with Crippen LogP contribution in [0.2, 0.25) is 0 Å². The van der Waals surface area contributed by atoms with Crippen LogP contribution in [-0.4, -0.2) is 18.3 Å². The molecule has 0 radical (unpaired) electrons. The zero-order chi connectivity index (χ0) is 13.5. The predicted molar refractivity (Wildman–Crippen MR) is 82.7 cm³/mol. The number of aryl methyl sites for hydroxylation is 1. The van der Waals surface area contributed by atoms with Crippen LogP contribution in [-0.2, 0) is 6.42 Å². The zero-order valence-electron chi connectivity index (χ0n) is 11.1. The molecule has 0 bridgehead atoms. The quantitative estimate of drug-likeness (QED) is 0.630. The molecule has 0 N–H and O–H groups in total. The first-order valence-electron chi connectivity index (χ1n) is 7.03. The maximum atomic E-state index is 12.6. The van der Waals surface area contributed by atoms with Crippen LogP contribution in [0.1, 0.15) is 30.0 Å². The summed E-state index contributed by atoms with van der Waals surface area (Å²) in [4.78, 5) is 12.6. The van der Waals surface area contributed by atoms with Crippen LogP contribution in [0.3, 0.4) is 0 Å². The van der Waals surface area contributed by atoms with Crippen LogP contribution in [0.4, 0.5) is 0 Å². The molecule has 1 heterocycles. The SMILES string of the molecule is O=c1c2ccccc2[se]n1[C@@H]1CCCc2ccccc21. The van der Waals surface area contributed by atoms with Crippen LogP contribution in [0.5, 0.6) is 0 Å². The molecule has 0 unspecified atom stereocenters. The van der Waals surface area contributed by atoms with E-state index in [9.17, 15) is 4.79 Å². The number of benzene rings is 2. The molecule has 1 aliphatic carbocycles. The van der Waals surface area contributed by atoms with Gasteiger partial charge in [-0.25, -0.2) is 0 Å². The fourth-order valence-electron chi connectivity index (χ4n) is 3.17. The van der Waals surface area contributed by atoms with Crippen LogP contribution in [0.25, 0.3) is 9.65 Å². The van der Waals surface area contributed by atoms with Gasteiger partial charge in [-0.15, -0.1) is 0 Å². The Morgan fingerprint density at radius 1 is 1.05 bits per heavy atom. The molecule has 1 atom stereocenters. The van der Waals surface area contributed by atoms with E-state index in [1.54, 1.807) is 0 Å². The van der Waals surface area contributed by atoms with Gasteiger partial charge >= 0.3 is 123 Å². The van der Waals surface area contributed by atoms with Gasteiger partial charge in [0, 0.05) is 0 Å². The molecular formula is C17H15NOSe. The average Bonchev–Trinajstić information content (AvgIpc) is 2.84. The van der Waals surface area contributed by atoms with Crippen molar-refractivity contribution in [2.45, 2.75) is 25.3 Å². The molecule has 0 saturated heterocycles. The van der Waals surface area contributed by atoms with Crippen molar-refractivity contribution in [3.05, 3.63) is 70.0 Å². The van der Waals surface area contributed by atoms with Crippen molar-refractivity contribution >= 4 is 24.4 Å². The number of hydrogen-bond donors (Lipinski definition) is 0. The Labute approximate surface area is 123 Å². The van der Waals surface area contributed by atoms with Gasteiger partial charge in [0.25, 0.3) is 0 Å². The van der Waals surface area contributed by atoms with Crippen molar-refractivity contribution in [1.82, 2.24) is 3.56 Å². The summed E-state index contributed by atoms with van der Waals surface area (Å²) < 4.78 is 3.35. The van der Waals surface area contributed by atoms with Gasteiger partial charge in [-0.3, -0.25) is 0 Å². The van der Waals surface area contributed by atoms with E-state index in [-0.39, 0.29) is 26.3 Å². The van der Waals surface area contributed by atoms with E-state index in [0.717, 1.165) is 18.2 Å². The van der Waals surface area contributed by atoms with E-state index < -0.39 is 0 Å². The normalized spacial score (nSPS) is 18.1. The summed E-state index contributed by atoms with van der Waals surface area (Å²) in [7, 11) is 0. The summed E-state index contributed by atoms with van der Waals surface area (Å²) >= 11 is 0.128. The molecule has 3 aromatic rings. The maximum absolute atomic E-state index is 12.6. The topological polar surface area (TPSA) is 22.0 Å². The summed E-state index contributed by atoms with van der Waals surface area (Å²) in [6.45, 7) is 0. The zero-order valence-corrected chi connectivity index (χ0v) is 12.8. The van der Waals surface area contributed by atoms with E-state index in [1.807, 2.05) is 18.2 Å². The first-order chi connectivity index (χ1) is 9.84. The Kier molecular flexibility index (Phi) is 2.90. The molecule has 20 heavy (non-hydrogen) atoms. The van der Waals surface area contributed by atoms with Gasteiger partial charge in [-0.1, -0.05) is 0 Å². The third-order valence-electron chi connectivity index (χ3n) is 4.14. The van der Waals surface area contributed by atoms with Crippen molar-refractivity contribution in [2.75, 3.05) is 0 Å². The molecule has 1 aromatic heterocycles. The second kappa shape index (κ2) is 4.76. The minimum absolute atomic E-state index is 0.128. The molecule has 4 rings (SSSR count). The molecular weight excluding hydrogens is 313 g/mol. The second-order valence-corrected chi connectivity index (χ2v) is 7.46. The standard InChI is InChI=1S/C17H15NOSe/c19-17-14-9-3-4-11-16(14)20-18(17)15-10-5-7-12-6-1-2-8-13(12)15/h1-4,6,8-9,11,15H,5,7,10H2/t15-/m1/s1. The van der Waals surface area contributed by atoms with E-state index in [1.165, 1.54) is 21.8 Å². The Balaban J connectivity index is 1.93. The van der Waals surface area contributed by atoms with Gasteiger partial charge < -0.3 is 0 Å². The molecule has 0 aliphatic heterocycles. The number of fused-ring (bicyclic) bond motifs is 2. The Bertz CT molecular complexity index is 830. The Morgan fingerprint density at radius 2 is 1.85 bits per heavy atom. The third kappa shape index (κ3) is 1.81. The van der Waals surface area contributed by atoms with Gasteiger partial charge in [0.1, 0.15) is 0 Å². The molecule has 1 aliphatic rings. The molecule has 3 heteroatoms. The first kappa shape index (κ1) is 12.2. The Hall–Kier alpha value is -1.57. The van der Waals surface area contributed by atoms with Gasteiger partial charge in [0.05, 0.1) is 0 Å². The number of hydrogen-bond acceptors (Lipinski definition) is 1. The summed E-state index contributed by atoms with van der Waals surface area (Å²) in [6.07, 6.45) is 3.42. The van der Waals surface area contributed by atoms with Crippen LogP contribution in [0, 0.1) is 0 Å². The van der Waals surface area contributed by atoms with Gasteiger partial charge in [-0.2, -0.15) is 0 Å². The Morgan fingerprint density at radius 3 is 2.75 bits per heavy atom. The van der Waals surface area contributed by atoms with Crippen molar-refractivity contribution in [3.63, 3.8) is 0 Å². The van der Waals surface area contributed by atoms with Crippen molar-refractivity contribution in [1.29, 1.82) is 0 Å². The molecule has 100 valence electrons. The van der Waals surface area contributed by atoms with E-state index in [0.29, 0.717) is 0 Å². The number of nitrogens with zero attached hydrogens (tertiary/aromatic N) is 1. The van der Waals surface area contributed by atoms with Crippen molar-refractivity contribution in [3.8, 4) is 0 Å². The molecule has 2 nitrogen and oxygen atoms in total. The molecule has 0 saturated carbocycles. The van der Waals surface area contributed by atoms with Gasteiger partial charge in [0.2, 0.25) is 0 Å². The number of rotatable bonds is 1.